The summed E-state index contributed by atoms with van der Waals surface area (Å²) in [5.74, 6) is 0.000392. The lowest BCUT2D eigenvalue weighted by molar-refractivity contribution is 0.0600. The van der Waals surface area contributed by atoms with E-state index in [-0.39, 0.29) is 11.8 Å². The van der Waals surface area contributed by atoms with Gasteiger partial charge < -0.3 is 10.1 Å². The molecule has 0 fully saturated rings. The Hall–Kier alpha value is -2.88. The van der Waals surface area contributed by atoms with Gasteiger partial charge in [-0.25, -0.2) is 4.79 Å². The van der Waals surface area contributed by atoms with Crippen molar-refractivity contribution >= 4 is 17.4 Å². The number of ether oxygens (including phenoxy) is 1. The molecule has 0 aliphatic carbocycles. The standard InChI is InChI=1S/C20H21NO3/c1-14(2)15-4-6-16(7-5-15)19(22)12-13-21-18-10-8-17(9-11-18)20(23)24-3/h4-14,21H,1-3H3. The van der Waals surface area contributed by atoms with E-state index in [0.29, 0.717) is 17.0 Å². The number of allylic oxidation sites excluding steroid dienone is 1. The number of anilines is 1. The Bertz CT molecular complexity index is 728. The molecule has 24 heavy (non-hydrogen) atoms. The molecule has 0 saturated heterocycles. The number of rotatable bonds is 6. The SMILES string of the molecule is COC(=O)c1ccc(NC=CC(=O)c2ccc(C(C)C)cc2)cc1. The summed E-state index contributed by atoms with van der Waals surface area (Å²) in [5.41, 5.74) is 3.12. The van der Waals surface area contributed by atoms with Gasteiger partial charge in [0.25, 0.3) is 0 Å². The second-order valence-corrected chi connectivity index (χ2v) is 5.69. The molecule has 0 spiro atoms. The molecular weight excluding hydrogens is 302 g/mol. The Morgan fingerprint density at radius 3 is 2.08 bits per heavy atom. The van der Waals surface area contributed by atoms with Crippen LogP contribution in [0.4, 0.5) is 5.69 Å². The second kappa shape index (κ2) is 8.11. The van der Waals surface area contributed by atoms with E-state index in [2.05, 4.69) is 23.9 Å². The highest BCUT2D eigenvalue weighted by atomic mass is 16.5. The molecule has 0 heterocycles. The topological polar surface area (TPSA) is 55.4 Å². The van der Waals surface area contributed by atoms with Gasteiger partial charge in [-0.2, -0.15) is 0 Å². The lowest BCUT2D eigenvalue weighted by atomic mass is 10.0. The van der Waals surface area contributed by atoms with E-state index in [1.165, 1.54) is 18.7 Å². The molecule has 0 bridgehead atoms. The van der Waals surface area contributed by atoms with Crippen molar-refractivity contribution in [1.29, 1.82) is 0 Å². The van der Waals surface area contributed by atoms with Gasteiger partial charge in [0.1, 0.15) is 0 Å². The van der Waals surface area contributed by atoms with Crippen molar-refractivity contribution in [2.45, 2.75) is 19.8 Å². The molecule has 0 aromatic heterocycles. The predicted octanol–water partition coefficient (Wildman–Crippen LogP) is 4.41. The summed E-state index contributed by atoms with van der Waals surface area (Å²) in [6.45, 7) is 4.23. The number of carbonyl (C=O) groups excluding carboxylic acids is 2. The summed E-state index contributed by atoms with van der Waals surface area (Å²) in [7, 11) is 1.34. The van der Waals surface area contributed by atoms with Gasteiger partial charge >= 0.3 is 5.97 Å². The fourth-order valence-corrected chi connectivity index (χ4v) is 2.16. The second-order valence-electron chi connectivity index (χ2n) is 5.69. The van der Waals surface area contributed by atoms with Crippen molar-refractivity contribution in [2.24, 2.45) is 0 Å². The van der Waals surface area contributed by atoms with Crippen LogP contribution in [0.15, 0.2) is 60.8 Å². The van der Waals surface area contributed by atoms with Gasteiger partial charge in [0.15, 0.2) is 5.78 Å². The molecule has 0 aliphatic rings. The Balaban J connectivity index is 1.95. The van der Waals surface area contributed by atoms with Crippen LogP contribution in [0.1, 0.15) is 46.0 Å². The predicted molar refractivity (Wildman–Crippen MR) is 95.4 cm³/mol. The van der Waals surface area contributed by atoms with Crippen LogP contribution < -0.4 is 5.32 Å². The molecule has 4 nitrogen and oxygen atoms in total. The quantitative estimate of drug-likeness (QED) is 0.486. The van der Waals surface area contributed by atoms with Gasteiger partial charge in [-0.3, -0.25) is 4.79 Å². The van der Waals surface area contributed by atoms with E-state index in [9.17, 15) is 9.59 Å². The summed E-state index contributed by atoms with van der Waals surface area (Å²) in [4.78, 5) is 23.5. The van der Waals surface area contributed by atoms with Crippen LogP contribution in [0.2, 0.25) is 0 Å². The summed E-state index contributed by atoms with van der Waals surface area (Å²) in [6, 6.07) is 14.5. The zero-order chi connectivity index (χ0) is 17.5. The molecule has 2 aromatic rings. The minimum absolute atomic E-state index is 0.0658. The van der Waals surface area contributed by atoms with Crippen molar-refractivity contribution in [3.8, 4) is 0 Å². The summed E-state index contributed by atoms with van der Waals surface area (Å²) in [5, 5.41) is 3.01. The molecule has 0 radical (unpaired) electrons. The minimum atomic E-state index is -0.378. The number of benzene rings is 2. The largest absolute Gasteiger partial charge is 0.465 e. The highest BCUT2D eigenvalue weighted by Crippen LogP contribution is 2.15. The number of methoxy groups -OCH3 is 1. The first kappa shape index (κ1) is 17.5. The Morgan fingerprint density at radius 2 is 1.54 bits per heavy atom. The van der Waals surface area contributed by atoms with Crippen molar-refractivity contribution in [3.05, 3.63) is 77.5 Å². The van der Waals surface area contributed by atoms with Crippen LogP contribution in [0.25, 0.3) is 0 Å². The molecule has 124 valence electrons. The highest BCUT2D eigenvalue weighted by molar-refractivity contribution is 6.04. The average Bonchev–Trinajstić information content (AvgIpc) is 2.61. The number of esters is 1. The zero-order valence-electron chi connectivity index (χ0n) is 14.1. The van der Waals surface area contributed by atoms with Crippen LogP contribution in [0, 0.1) is 0 Å². The first-order valence-corrected chi connectivity index (χ1v) is 7.77. The third kappa shape index (κ3) is 4.56. The molecule has 0 saturated carbocycles. The molecule has 0 aliphatic heterocycles. The van der Waals surface area contributed by atoms with E-state index in [1.807, 2.05) is 24.3 Å². The van der Waals surface area contributed by atoms with Gasteiger partial charge in [-0.15, -0.1) is 0 Å². The van der Waals surface area contributed by atoms with E-state index in [1.54, 1.807) is 30.5 Å². The fraction of sp³-hybridized carbons (Fsp3) is 0.200. The third-order valence-corrected chi connectivity index (χ3v) is 3.65. The van der Waals surface area contributed by atoms with Crippen LogP contribution in [-0.2, 0) is 4.74 Å². The molecule has 4 heteroatoms. The van der Waals surface area contributed by atoms with Gasteiger partial charge in [0, 0.05) is 23.5 Å². The first-order valence-electron chi connectivity index (χ1n) is 7.77. The fourth-order valence-electron chi connectivity index (χ4n) is 2.16. The Kier molecular flexibility index (Phi) is 5.90. The Morgan fingerprint density at radius 1 is 0.958 bits per heavy atom. The van der Waals surface area contributed by atoms with Crippen LogP contribution >= 0.6 is 0 Å². The molecule has 2 rings (SSSR count). The Labute approximate surface area is 142 Å². The maximum atomic E-state index is 12.1. The van der Waals surface area contributed by atoms with E-state index >= 15 is 0 Å². The van der Waals surface area contributed by atoms with Crippen molar-refractivity contribution in [2.75, 3.05) is 12.4 Å². The average molecular weight is 323 g/mol. The lowest BCUT2D eigenvalue weighted by Gasteiger charge is -2.05. The minimum Gasteiger partial charge on any atom is -0.465 e. The normalized spacial score (nSPS) is 10.8. The van der Waals surface area contributed by atoms with Crippen molar-refractivity contribution < 1.29 is 14.3 Å². The van der Waals surface area contributed by atoms with Crippen molar-refractivity contribution in [3.63, 3.8) is 0 Å². The third-order valence-electron chi connectivity index (χ3n) is 3.65. The number of carbonyl (C=O) groups is 2. The summed E-state index contributed by atoms with van der Waals surface area (Å²) in [6.07, 6.45) is 3.07. The van der Waals surface area contributed by atoms with E-state index in [4.69, 9.17) is 0 Å². The number of hydrogen-bond donors (Lipinski definition) is 1. The van der Waals surface area contributed by atoms with Crippen molar-refractivity contribution in [1.82, 2.24) is 0 Å². The highest BCUT2D eigenvalue weighted by Gasteiger charge is 2.05. The van der Waals surface area contributed by atoms with Gasteiger partial charge in [0.05, 0.1) is 12.7 Å². The smallest absolute Gasteiger partial charge is 0.337 e. The molecular formula is C20H21NO3. The number of ketones is 1. The molecule has 0 unspecified atom stereocenters. The van der Waals surface area contributed by atoms with Gasteiger partial charge in [-0.05, 0) is 35.7 Å². The summed E-state index contributed by atoms with van der Waals surface area (Å²) < 4.78 is 4.64. The monoisotopic (exact) mass is 323 g/mol. The van der Waals surface area contributed by atoms with E-state index in [0.717, 1.165) is 5.69 Å². The first-order chi connectivity index (χ1) is 11.5. The van der Waals surface area contributed by atoms with Gasteiger partial charge in [0.2, 0.25) is 0 Å². The molecule has 0 atom stereocenters. The van der Waals surface area contributed by atoms with E-state index < -0.39 is 0 Å². The zero-order valence-corrected chi connectivity index (χ0v) is 14.1. The van der Waals surface area contributed by atoms with Gasteiger partial charge in [-0.1, -0.05) is 38.1 Å². The number of hydrogen-bond acceptors (Lipinski definition) is 4. The number of nitrogens with one attached hydrogen (secondary N) is 1. The van der Waals surface area contributed by atoms with Crippen LogP contribution in [0.3, 0.4) is 0 Å². The molecule has 0 amide bonds. The molecule has 1 N–H and O–H groups in total. The summed E-state index contributed by atoms with van der Waals surface area (Å²) >= 11 is 0. The lowest BCUT2D eigenvalue weighted by Crippen LogP contribution is -2.01. The van der Waals surface area contributed by atoms with Crippen LogP contribution in [-0.4, -0.2) is 18.9 Å². The van der Waals surface area contributed by atoms with Crippen LogP contribution in [0.5, 0.6) is 0 Å². The molecule has 2 aromatic carbocycles. The maximum absolute atomic E-state index is 12.1. The maximum Gasteiger partial charge on any atom is 0.337 e.